The summed E-state index contributed by atoms with van der Waals surface area (Å²) in [6.45, 7) is -0.312. The fourth-order valence-corrected chi connectivity index (χ4v) is 1.93. The molecule has 21 heavy (non-hydrogen) atoms. The van der Waals surface area contributed by atoms with Crippen LogP contribution in [0.3, 0.4) is 0 Å². The van der Waals surface area contributed by atoms with Crippen molar-refractivity contribution in [1.29, 1.82) is 0 Å². The van der Waals surface area contributed by atoms with Gasteiger partial charge in [0.1, 0.15) is 5.69 Å². The number of carbonyl (C=O) groups is 2. The molecule has 0 atom stereocenters. The molecule has 110 valence electrons. The highest BCUT2D eigenvalue weighted by Crippen LogP contribution is 2.19. The van der Waals surface area contributed by atoms with Crippen molar-refractivity contribution >= 4 is 11.9 Å². The number of carboxylic acid groups (broad SMARTS) is 1. The molecule has 1 amide bonds. The summed E-state index contributed by atoms with van der Waals surface area (Å²) >= 11 is 0. The molecule has 0 aliphatic heterocycles. The number of hydrogen-bond donors (Lipinski definition) is 2. The highest BCUT2D eigenvalue weighted by Gasteiger charge is 2.16. The number of carboxylic acids is 1. The lowest BCUT2D eigenvalue weighted by atomic mass is 10.1. The van der Waals surface area contributed by atoms with E-state index >= 15 is 0 Å². The van der Waals surface area contributed by atoms with Crippen LogP contribution in [0, 0.1) is 0 Å². The Hall–Kier alpha value is -2.67. The molecule has 0 saturated carbocycles. The van der Waals surface area contributed by atoms with Crippen LogP contribution in [-0.4, -0.2) is 40.1 Å². The molecular weight excluding hydrogens is 274 g/mol. The molecule has 0 aliphatic rings. The number of rotatable bonds is 7. The fourth-order valence-electron chi connectivity index (χ4n) is 1.93. The molecule has 0 unspecified atom stereocenters. The number of aliphatic carboxylic acids is 1. The summed E-state index contributed by atoms with van der Waals surface area (Å²) in [5.74, 6) is -1.17. The van der Waals surface area contributed by atoms with Gasteiger partial charge < -0.3 is 15.4 Å². The van der Waals surface area contributed by atoms with Crippen molar-refractivity contribution in [3.05, 3.63) is 42.2 Å². The largest absolute Gasteiger partial charge is 0.480 e. The minimum atomic E-state index is -1.04. The first-order valence-electron chi connectivity index (χ1n) is 6.28. The lowest BCUT2D eigenvalue weighted by Gasteiger charge is -2.15. The predicted octanol–water partition coefficient (Wildman–Crippen LogP) is 0.713. The van der Waals surface area contributed by atoms with Gasteiger partial charge in [0.15, 0.2) is 5.76 Å². The molecule has 7 nitrogen and oxygen atoms in total. The van der Waals surface area contributed by atoms with E-state index in [1.54, 1.807) is 6.07 Å². The third-order valence-corrected chi connectivity index (χ3v) is 2.75. The zero-order valence-corrected chi connectivity index (χ0v) is 11.2. The summed E-state index contributed by atoms with van der Waals surface area (Å²) in [5, 5.41) is 12.8. The summed E-state index contributed by atoms with van der Waals surface area (Å²) in [6, 6.07) is 11.2. The van der Waals surface area contributed by atoms with E-state index in [9.17, 15) is 9.59 Å². The Morgan fingerprint density at radius 3 is 2.57 bits per heavy atom. The SMILES string of the molecule is NC(=O)CN(CC(=O)O)Cc1cc(-c2ccccc2)no1. The van der Waals surface area contributed by atoms with Gasteiger partial charge >= 0.3 is 5.97 Å². The second kappa shape index (κ2) is 6.67. The molecular formula is C14H15N3O4. The quantitative estimate of drug-likeness (QED) is 0.777. The van der Waals surface area contributed by atoms with E-state index in [2.05, 4.69) is 5.16 Å². The number of amides is 1. The first-order valence-corrected chi connectivity index (χ1v) is 6.28. The Kier molecular flexibility index (Phi) is 4.68. The van der Waals surface area contributed by atoms with E-state index in [1.807, 2.05) is 30.3 Å². The molecule has 1 heterocycles. The topological polar surface area (TPSA) is 110 Å². The summed E-state index contributed by atoms with van der Waals surface area (Å²) in [6.07, 6.45) is 0. The van der Waals surface area contributed by atoms with Crippen molar-refractivity contribution in [2.24, 2.45) is 5.73 Å². The van der Waals surface area contributed by atoms with Gasteiger partial charge in [-0.3, -0.25) is 14.5 Å². The van der Waals surface area contributed by atoms with Crippen molar-refractivity contribution in [3.8, 4) is 11.3 Å². The monoisotopic (exact) mass is 289 g/mol. The highest BCUT2D eigenvalue weighted by atomic mass is 16.5. The minimum absolute atomic E-state index is 0.148. The first-order chi connectivity index (χ1) is 10.0. The number of primary amides is 1. The van der Waals surface area contributed by atoms with Crippen LogP contribution in [0.1, 0.15) is 5.76 Å². The summed E-state index contributed by atoms with van der Waals surface area (Å²) < 4.78 is 5.18. The average Bonchev–Trinajstić information content (AvgIpc) is 2.86. The van der Waals surface area contributed by atoms with Crippen molar-refractivity contribution < 1.29 is 19.2 Å². The van der Waals surface area contributed by atoms with Crippen LogP contribution in [0.5, 0.6) is 0 Å². The molecule has 0 spiro atoms. The smallest absolute Gasteiger partial charge is 0.317 e. The van der Waals surface area contributed by atoms with Gasteiger partial charge in [0.2, 0.25) is 5.91 Å². The van der Waals surface area contributed by atoms with Crippen molar-refractivity contribution in [1.82, 2.24) is 10.1 Å². The average molecular weight is 289 g/mol. The van der Waals surface area contributed by atoms with E-state index in [0.29, 0.717) is 11.5 Å². The van der Waals surface area contributed by atoms with Crippen LogP contribution in [0.4, 0.5) is 0 Å². The van der Waals surface area contributed by atoms with Crippen molar-refractivity contribution in [3.63, 3.8) is 0 Å². The van der Waals surface area contributed by atoms with Gasteiger partial charge in [-0.25, -0.2) is 0 Å². The van der Waals surface area contributed by atoms with Crippen molar-refractivity contribution in [2.75, 3.05) is 13.1 Å². The molecule has 0 radical (unpaired) electrons. The maximum absolute atomic E-state index is 10.9. The molecule has 0 saturated heterocycles. The zero-order chi connectivity index (χ0) is 15.2. The third-order valence-electron chi connectivity index (χ3n) is 2.75. The van der Waals surface area contributed by atoms with Gasteiger partial charge in [-0.05, 0) is 0 Å². The Bertz CT molecular complexity index is 608. The van der Waals surface area contributed by atoms with Crippen LogP contribution in [0.25, 0.3) is 11.3 Å². The van der Waals surface area contributed by atoms with Crippen LogP contribution in [0.15, 0.2) is 40.9 Å². The normalized spacial score (nSPS) is 10.7. The van der Waals surface area contributed by atoms with Crippen LogP contribution in [-0.2, 0) is 16.1 Å². The third kappa shape index (κ3) is 4.43. The molecule has 3 N–H and O–H groups in total. The zero-order valence-electron chi connectivity index (χ0n) is 11.2. The molecule has 2 aromatic rings. The molecule has 0 bridgehead atoms. The van der Waals surface area contributed by atoms with E-state index in [1.165, 1.54) is 4.90 Å². The van der Waals surface area contributed by atoms with E-state index in [-0.39, 0.29) is 19.6 Å². The van der Waals surface area contributed by atoms with E-state index < -0.39 is 11.9 Å². The number of aromatic nitrogens is 1. The number of hydrogen-bond acceptors (Lipinski definition) is 5. The molecule has 0 fully saturated rings. The van der Waals surface area contributed by atoms with Crippen LogP contribution in [0.2, 0.25) is 0 Å². The summed E-state index contributed by atoms with van der Waals surface area (Å²) in [5.41, 5.74) is 6.65. The van der Waals surface area contributed by atoms with Crippen LogP contribution < -0.4 is 5.73 Å². The predicted molar refractivity (Wildman–Crippen MR) is 74.0 cm³/mol. The van der Waals surface area contributed by atoms with Gasteiger partial charge in [0, 0.05) is 11.6 Å². The first kappa shape index (κ1) is 14.7. The lowest BCUT2D eigenvalue weighted by Crippen LogP contribution is -2.36. The molecule has 2 rings (SSSR count). The Labute approximate surface area is 120 Å². The molecule has 0 aliphatic carbocycles. The van der Waals surface area contributed by atoms with Crippen LogP contribution >= 0.6 is 0 Å². The van der Waals surface area contributed by atoms with E-state index in [0.717, 1.165) is 5.56 Å². The fraction of sp³-hybridized carbons (Fsp3) is 0.214. The minimum Gasteiger partial charge on any atom is -0.480 e. The highest BCUT2D eigenvalue weighted by molar-refractivity contribution is 5.77. The molecule has 1 aromatic carbocycles. The Morgan fingerprint density at radius 2 is 1.95 bits per heavy atom. The summed E-state index contributed by atoms with van der Waals surface area (Å²) in [4.78, 5) is 23.1. The maximum atomic E-state index is 10.9. The van der Waals surface area contributed by atoms with Gasteiger partial charge in [-0.2, -0.15) is 0 Å². The van der Waals surface area contributed by atoms with Gasteiger partial charge in [-0.15, -0.1) is 0 Å². The number of nitrogens with zero attached hydrogens (tertiary/aromatic N) is 2. The number of nitrogens with two attached hydrogens (primary N) is 1. The maximum Gasteiger partial charge on any atom is 0.317 e. The summed E-state index contributed by atoms with van der Waals surface area (Å²) in [7, 11) is 0. The Balaban J connectivity index is 2.09. The lowest BCUT2D eigenvalue weighted by molar-refractivity contribution is -0.138. The van der Waals surface area contributed by atoms with Gasteiger partial charge in [0.05, 0.1) is 19.6 Å². The second-order valence-electron chi connectivity index (χ2n) is 4.55. The van der Waals surface area contributed by atoms with Crippen molar-refractivity contribution in [2.45, 2.75) is 6.54 Å². The number of benzene rings is 1. The van der Waals surface area contributed by atoms with E-state index in [4.69, 9.17) is 15.4 Å². The standard InChI is InChI=1S/C14H15N3O4/c15-13(18)8-17(9-14(19)20)7-11-6-12(16-21-11)10-4-2-1-3-5-10/h1-6H,7-9H2,(H2,15,18)(H,19,20). The van der Waals surface area contributed by atoms with Gasteiger partial charge in [0.25, 0.3) is 0 Å². The molecule has 7 heteroatoms. The number of carbonyl (C=O) groups excluding carboxylic acids is 1. The molecule has 1 aromatic heterocycles. The second-order valence-corrected chi connectivity index (χ2v) is 4.55. The van der Waals surface area contributed by atoms with Gasteiger partial charge in [-0.1, -0.05) is 35.5 Å². The Morgan fingerprint density at radius 1 is 1.24 bits per heavy atom.